The van der Waals surface area contributed by atoms with E-state index in [1.54, 1.807) is 16.7 Å². The molecule has 0 radical (unpaired) electrons. The maximum absolute atomic E-state index is 14.0. The normalized spacial score (nSPS) is 28.0. The van der Waals surface area contributed by atoms with Crippen molar-refractivity contribution >= 4 is 34.5 Å². The van der Waals surface area contributed by atoms with Crippen LogP contribution < -0.4 is 20.8 Å². The largest absolute Gasteiger partial charge is 0.417 e. The van der Waals surface area contributed by atoms with Gasteiger partial charge >= 0.3 is 0 Å². The highest BCUT2D eigenvalue weighted by Crippen LogP contribution is 2.36. The molecule has 2 aromatic rings. The van der Waals surface area contributed by atoms with Crippen LogP contribution in [0, 0.1) is 5.92 Å². The van der Waals surface area contributed by atoms with Gasteiger partial charge in [-0.2, -0.15) is 4.73 Å². The third-order valence-electron chi connectivity index (χ3n) is 10.1. The van der Waals surface area contributed by atoms with E-state index < -0.39 is 36.0 Å². The van der Waals surface area contributed by atoms with Crippen molar-refractivity contribution < 1.29 is 28.8 Å². The summed E-state index contributed by atoms with van der Waals surface area (Å²) in [5.74, 6) is -1.55. The Morgan fingerprint density at radius 2 is 1.73 bits per heavy atom. The number of carbonyl (C=O) groups is 4. The predicted molar refractivity (Wildman–Crippen MR) is 170 cm³/mol. The van der Waals surface area contributed by atoms with Crippen LogP contribution in [0.1, 0.15) is 84.1 Å². The van der Waals surface area contributed by atoms with Crippen LogP contribution in [0.4, 0.5) is 0 Å². The highest BCUT2D eigenvalue weighted by atomic mass is 16.6. The van der Waals surface area contributed by atoms with Gasteiger partial charge in [0.25, 0.3) is 0 Å². The van der Waals surface area contributed by atoms with Gasteiger partial charge in [-0.15, -0.1) is 0 Å². The van der Waals surface area contributed by atoms with Gasteiger partial charge in [-0.3, -0.25) is 19.2 Å². The maximum atomic E-state index is 14.0. The number of para-hydroxylation sites is 1. The van der Waals surface area contributed by atoms with E-state index in [-0.39, 0.29) is 29.8 Å². The van der Waals surface area contributed by atoms with E-state index in [1.807, 2.05) is 44.3 Å². The molecule has 5 rings (SSSR count). The lowest BCUT2D eigenvalue weighted by molar-refractivity contribution is -0.144. The van der Waals surface area contributed by atoms with Gasteiger partial charge in [0, 0.05) is 24.5 Å². The minimum absolute atomic E-state index is 0.0247. The van der Waals surface area contributed by atoms with Crippen molar-refractivity contribution in [1.82, 2.24) is 25.6 Å². The monoisotopic (exact) mass is 623 g/mol. The number of unbranched alkanes of at least 4 members (excludes halogenated alkanes) is 2. The van der Waals surface area contributed by atoms with Gasteiger partial charge in [0.1, 0.15) is 31.3 Å². The van der Waals surface area contributed by atoms with Crippen LogP contribution in [0.5, 0.6) is 0 Å². The zero-order chi connectivity index (χ0) is 32.1. The zero-order valence-corrected chi connectivity index (χ0v) is 27.1. The molecular weight excluding hydrogens is 574 g/mol. The number of ether oxygens (including phenoxy) is 1. The van der Waals surface area contributed by atoms with Gasteiger partial charge in [0.2, 0.25) is 23.6 Å². The molecule has 4 heterocycles. The Balaban J connectivity index is 1.41. The van der Waals surface area contributed by atoms with Crippen LogP contribution in [-0.4, -0.2) is 83.3 Å². The first-order chi connectivity index (χ1) is 21.7. The minimum Gasteiger partial charge on any atom is -0.417 e. The number of fused-ring (bicyclic) bond motifs is 2. The van der Waals surface area contributed by atoms with E-state index in [2.05, 4.69) is 22.9 Å². The summed E-state index contributed by atoms with van der Waals surface area (Å²) < 4.78 is 7.27. The summed E-state index contributed by atoms with van der Waals surface area (Å²) in [6, 6.07) is 4.43. The topological polar surface area (TPSA) is 134 Å². The van der Waals surface area contributed by atoms with E-state index in [0.717, 1.165) is 55.2 Å². The lowest BCUT2D eigenvalue weighted by atomic mass is 9.95. The van der Waals surface area contributed by atoms with Gasteiger partial charge in [-0.05, 0) is 49.7 Å². The number of hydrogen-bond acceptors (Lipinski definition) is 6. The molecule has 3 aliphatic heterocycles. The molecule has 3 N–H and O–H groups in total. The Hall–Kier alpha value is -3.60. The Kier molecular flexibility index (Phi) is 10.4. The number of nitrogens with zero attached hydrogens (tertiary/aromatic N) is 2. The Morgan fingerprint density at radius 1 is 1.00 bits per heavy atom. The molecule has 0 saturated carbocycles. The average Bonchev–Trinajstić information content (AvgIpc) is 3.49. The van der Waals surface area contributed by atoms with E-state index in [0.29, 0.717) is 32.2 Å². The predicted octanol–water partition coefficient (Wildman–Crippen LogP) is 2.88. The fraction of sp³-hybridized carbons (Fsp3) is 0.647. The number of carbonyl (C=O) groups excluding carboxylic acids is 4. The van der Waals surface area contributed by atoms with Crippen LogP contribution in [0.25, 0.3) is 10.9 Å². The van der Waals surface area contributed by atoms with Gasteiger partial charge in [-0.1, -0.05) is 64.7 Å². The molecule has 6 atom stereocenters. The summed E-state index contributed by atoms with van der Waals surface area (Å²) in [5.41, 5.74) is 1.68. The maximum Gasteiger partial charge on any atom is 0.246 e. The summed E-state index contributed by atoms with van der Waals surface area (Å²) in [7, 11) is 1.57. The lowest BCUT2D eigenvalue weighted by Crippen LogP contribution is -2.62. The molecule has 246 valence electrons. The molecule has 11 nitrogen and oxygen atoms in total. The highest BCUT2D eigenvalue weighted by molar-refractivity contribution is 5.98. The molecule has 0 spiro atoms. The molecule has 3 saturated heterocycles. The summed E-state index contributed by atoms with van der Waals surface area (Å²) in [4.78, 5) is 62.6. The highest BCUT2D eigenvalue weighted by Gasteiger charge is 2.43. The molecule has 45 heavy (non-hydrogen) atoms. The molecule has 0 aliphatic carbocycles. The average molecular weight is 624 g/mol. The van der Waals surface area contributed by atoms with E-state index in [9.17, 15) is 19.2 Å². The first-order valence-electron chi connectivity index (χ1n) is 16.7. The third-order valence-corrected chi connectivity index (χ3v) is 10.1. The van der Waals surface area contributed by atoms with Gasteiger partial charge < -0.3 is 30.4 Å². The van der Waals surface area contributed by atoms with Crippen molar-refractivity contribution in [3.05, 3.63) is 36.0 Å². The molecular formula is C34H49N5O6. The van der Waals surface area contributed by atoms with Gasteiger partial charge in [-0.25, -0.2) is 0 Å². The minimum atomic E-state index is -0.974. The second kappa shape index (κ2) is 14.2. The molecule has 2 unspecified atom stereocenters. The Bertz CT molecular complexity index is 1390. The van der Waals surface area contributed by atoms with Crippen LogP contribution in [0.2, 0.25) is 0 Å². The summed E-state index contributed by atoms with van der Waals surface area (Å²) in [6.45, 7) is 7.29. The van der Waals surface area contributed by atoms with Gasteiger partial charge in [0.05, 0.1) is 17.7 Å². The molecule has 1 aromatic carbocycles. The standard InChI is InChI=1S/C34H49N5O6/c1-5-22(3)29-33(43)38-18-12-16-28(38)32(42)35-25(14-8-7-11-17-34(6-2)21-45-34)30(40)36-26(31(41)37-29)19-23-20-39(44-4)27-15-10-9-13-24(23)27/h9-10,13,15,20,22,25-26,28-29H,5-8,11-12,14,16-19,21H2,1-4H3,(H,35,42)(H,36,40)(H,37,41)/t22?,25-,26-,28+,29-,34?/m0/s1. The zero-order valence-electron chi connectivity index (χ0n) is 27.1. The first-order valence-corrected chi connectivity index (χ1v) is 16.7. The molecule has 1 aromatic heterocycles. The number of rotatable bonds is 12. The quantitative estimate of drug-likeness (QED) is 0.246. The molecule has 0 bridgehead atoms. The smallest absolute Gasteiger partial charge is 0.246 e. The fourth-order valence-corrected chi connectivity index (χ4v) is 6.79. The van der Waals surface area contributed by atoms with Crippen LogP contribution in [0.3, 0.4) is 0 Å². The third kappa shape index (κ3) is 7.29. The van der Waals surface area contributed by atoms with Crippen LogP contribution in [0.15, 0.2) is 30.5 Å². The summed E-state index contributed by atoms with van der Waals surface area (Å²) in [5, 5.41) is 9.85. The molecule has 11 heteroatoms. The van der Waals surface area contributed by atoms with Crippen molar-refractivity contribution in [2.75, 3.05) is 20.3 Å². The fourth-order valence-electron chi connectivity index (χ4n) is 6.79. The number of hydrogen-bond donors (Lipinski definition) is 3. The van der Waals surface area contributed by atoms with E-state index >= 15 is 0 Å². The molecule has 3 aliphatic rings. The molecule has 4 amide bonds. The number of amides is 4. The second-order valence-corrected chi connectivity index (χ2v) is 13.0. The van der Waals surface area contributed by atoms with Gasteiger partial charge in [0.15, 0.2) is 0 Å². The number of benzene rings is 1. The SMILES string of the molecule is CCC(C)[C@@H]1NC(=O)[C@H](Cc2cn(OC)c3ccccc23)NC(=O)[C@H](CCCCCC2(CC)CO2)NC(=O)[C@H]2CCCN2C1=O. The van der Waals surface area contributed by atoms with Crippen molar-refractivity contribution in [1.29, 1.82) is 0 Å². The second-order valence-electron chi connectivity index (χ2n) is 13.0. The van der Waals surface area contributed by atoms with Crippen molar-refractivity contribution in [3.63, 3.8) is 0 Å². The van der Waals surface area contributed by atoms with Crippen LogP contribution in [-0.2, 0) is 30.3 Å². The van der Waals surface area contributed by atoms with Crippen molar-refractivity contribution in [3.8, 4) is 0 Å². The van der Waals surface area contributed by atoms with Crippen molar-refractivity contribution in [2.45, 2.75) is 115 Å². The Labute approximate surface area is 265 Å². The molecule has 3 fully saturated rings. The summed E-state index contributed by atoms with van der Waals surface area (Å²) in [6.07, 6.45) is 8.91. The summed E-state index contributed by atoms with van der Waals surface area (Å²) >= 11 is 0. The first kappa shape index (κ1) is 32.8. The van der Waals surface area contributed by atoms with E-state index in [4.69, 9.17) is 9.57 Å². The number of epoxide rings is 1. The number of nitrogens with one attached hydrogen (secondary N) is 3. The van der Waals surface area contributed by atoms with Crippen LogP contribution >= 0.6 is 0 Å². The lowest BCUT2D eigenvalue weighted by Gasteiger charge is -2.34. The Morgan fingerprint density at radius 3 is 2.44 bits per heavy atom. The van der Waals surface area contributed by atoms with E-state index in [1.165, 1.54) is 0 Å². The van der Waals surface area contributed by atoms with Crippen molar-refractivity contribution in [2.24, 2.45) is 5.92 Å². The number of aromatic nitrogens is 1.